The second-order valence-corrected chi connectivity index (χ2v) is 3.44. The lowest BCUT2D eigenvalue weighted by atomic mass is 10.3. The third kappa shape index (κ3) is 8.02. The second-order valence-electron chi connectivity index (χ2n) is 3.44. The van der Waals surface area contributed by atoms with E-state index in [0.29, 0.717) is 0 Å². The van der Waals surface area contributed by atoms with Gasteiger partial charge in [0.2, 0.25) is 0 Å². The Morgan fingerprint density at radius 3 is 2.29 bits per heavy atom. The van der Waals surface area contributed by atoms with Gasteiger partial charge in [0.25, 0.3) is 0 Å². The molecule has 0 aromatic carbocycles. The van der Waals surface area contributed by atoms with Crippen molar-refractivity contribution in [3.63, 3.8) is 0 Å². The lowest BCUT2D eigenvalue weighted by Gasteiger charge is -2.18. The molecule has 0 aromatic heterocycles. The number of hydrogen-bond acceptors (Lipinski definition) is 2. The zero-order chi connectivity index (χ0) is 10.6. The van der Waals surface area contributed by atoms with Gasteiger partial charge in [-0.2, -0.15) is 0 Å². The largest absolute Gasteiger partial charge is 0.317 e. The van der Waals surface area contributed by atoms with E-state index in [1.807, 2.05) is 12.2 Å². The number of hydrogen-bond donors (Lipinski definition) is 1. The van der Waals surface area contributed by atoms with Gasteiger partial charge < -0.3 is 5.32 Å². The van der Waals surface area contributed by atoms with Gasteiger partial charge in [0.05, 0.1) is 0 Å². The van der Waals surface area contributed by atoms with Crippen LogP contribution < -0.4 is 5.32 Å². The van der Waals surface area contributed by atoms with E-state index >= 15 is 0 Å². The minimum absolute atomic E-state index is 0.958. The molecule has 0 aliphatic heterocycles. The summed E-state index contributed by atoms with van der Waals surface area (Å²) in [5.41, 5.74) is 0. The van der Waals surface area contributed by atoms with E-state index < -0.39 is 0 Å². The molecule has 0 aromatic rings. The van der Waals surface area contributed by atoms with Crippen LogP contribution in [0, 0.1) is 0 Å². The summed E-state index contributed by atoms with van der Waals surface area (Å²) >= 11 is 0. The van der Waals surface area contributed by atoms with E-state index in [2.05, 4.69) is 30.3 Å². The lowest BCUT2D eigenvalue weighted by molar-refractivity contribution is 0.328. The molecule has 0 rings (SSSR count). The molecule has 2 heteroatoms. The summed E-state index contributed by atoms with van der Waals surface area (Å²) in [6.07, 6.45) is 6.30. The molecule has 0 atom stereocenters. The fourth-order valence-corrected chi connectivity index (χ4v) is 1.35. The molecule has 0 aliphatic carbocycles. The van der Waals surface area contributed by atoms with Crippen molar-refractivity contribution in [2.75, 3.05) is 32.7 Å². The van der Waals surface area contributed by atoms with Gasteiger partial charge in [-0.1, -0.05) is 19.1 Å². The Morgan fingerprint density at radius 1 is 1.14 bits per heavy atom. The predicted molar refractivity (Wildman–Crippen MR) is 64.6 cm³/mol. The normalized spacial score (nSPS) is 10.4. The number of nitrogens with zero attached hydrogens (tertiary/aromatic N) is 1. The standard InChI is InChI=1S/C12H24N2/c1-4-8-13-9-7-12-14(10-5-2)11-6-3/h5-6,13H,2-4,7-12H2,1H3. The maximum atomic E-state index is 3.75. The monoisotopic (exact) mass is 196 g/mol. The third-order valence-corrected chi connectivity index (χ3v) is 2.03. The first kappa shape index (κ1) is 13.4. The van der Waals surface area contributed by atoms with Gasteiger partial charge in [-0.15, -0.1) is 13.2 Å². The van der Waals surface area contributed by atoms with Crippen molar-refractivity contribution in [3.8, 4) is 0 Å². The van der Waals surface area contributed by atoms with Crippen LogP contribution in [0.2, 0.25) is 0 Å². The molecule has 0 aliphatic rings. The summed E-state index contributed by atoms with van der Waals surface area (Å²) in [5.74, 6) is 0. The maximum Gasteiger partial charge on any atom is 0.0163 e. The minimum atomic E-state index is 0.958. The first-order valence-corrected chi connectivity index (χ1v) is 5.50. The molecule has 0 unspecified atom stereocenters. The summed E-state index contributed by atoms with van der Waals surface area (Å²) in [7, 11) is 0. The average Bonchev–Trinajstić information content (AvgIpc) is 2.18. The summed E-state index contributed by atoms with van der Waals surface area (Å²) in [5, 5.41) is 3.40. The van der Waals surface area contributed by atoms with E-state index in [-0.39, 0.29) is 0 Å². The highest BCUT2D eigenvalue weighted by molar-refractivity contribution is 4.79. The van der Waals surface area contributed by atoms with Crippen molar-refractivity contribution in [2.24, 2.45) is 0 Å². The Kier molecular flexibility index (Phi) is 10.0. The van der Waals surface area contributed by atoms with Crippen LogP contribution in [0.1, 0.15) is 19.8 Å². The van der Waals surface area contributed by atoms with E-state index in [9.17, 15) is 0 Å². The molecule has 0 heterocycles. The molecule has 82 valence electrons. The molecule has 14 heavy (non-hydrogen) atoms. The highest BCUT2D eigenvalue weighted by Crippen LogP contribution is 1.91. The first-order chi connectivity index (χ1) is 6.85. The van der Waals surface area contributed by atoms with Gasteiger partial charge in [0.1, 0.15) is 0 Å². The zero-order valence-corrected chi connectivity index (χ0v) is 9.47. The van der Waals surface area contributed by atoms with Crippen molar-refractivity contribution in [2.45, 2.75) is 19.8 Å². The molecule has 0 fully saturated rings. The van der Waals surface area contributed by atoms with Crippen LogP contribution in [-0.2, 0) is 0 Å². The fourth-order valence-electron chi connectivity index (χ4n) is 1.35. The highest BCUT2D eigenvalue weighted by atomic mass is 15.1. The van der Waals surface area contributed by atoms with Gasteiger partial charge >= 0.3 is 0 Å². The third-order valence-electron chi connectivity index (χ3n) is 2.03. The van der Waals surface area contributed by atoms with Crippen molar-refractivity contribution < 1.29 is 0 Å². The molecular formula is C12H24N2. The van der Waals surface area contributed by atoms with Crippen LogP contribution in [0.25, 0.3) is 0 Å². The average molecular weight is 196 g/mol. The molecule has 1 N–H and O–H groups in total. The van der Waals surface area contributed by atoms with Crippen molar-refractivity contribution >= 4 is 0 Å². The lowest BCUT2D eigenvalue weighted by Crippen LogP contribution is -2.28. The van der Waals surface area contributed by atoms with Gasteiger partial charge in [-0.3, -0.25) is 4.90 Å². The van der Waals surface area contributed by atoms with Crippen LogP contribution in [-0.4, -0.2) is 37.6 Å². The van der Waals surface area contributed by atoms with Gasteiger partial charge in [-0.05, 0) is 32.5 Å². The molecule has 0 bridgehead atoms. The van der Waals surface area contributed by atoms with E-state index in [1.165, 1.54) is 12.8 Å². The van der Waals surface area contributed by atoms with Crippen LogP contribution in [0.15, 0.2) is 25.3 Å². The van der Waals surface area contributed by atoms with Gasteiger partial charge in [0, 0.05) is 13.1 Å². The Hall–Kier alpha value is -0.600. The van der Waals surface area contributed by atoms with Crippen molar-refractivity contribution in [1.29, 1.82) is 0 Å². The van der Waals surface area contributed by atoms with Crippen LogP contribution in [0.4, 0.5) is 0 Å². The van der Waals surface area contributed by atoms with E-state index in [0.717, 1.165) is 32.7 Å². The van der Waals surface area contributed by atoms with Crippen molar-refractivity contribution in [3.05, 3.63) is 25.3 Å². The summed E-state index contributed by atoms with van der Waals surface area (Å²) in [6.45, 7) is 15.0. The Labute approximate surface area is 88.7 Å². The maximum absolute atomic E-state index is 3.75. The Bertz CT molecular complexity index is 133. The first-order valence-electron chi connectivity index (χ1n) is 5.50. The van der Waals surface area contributed by atoms with Crippen LogP contribution >= 0.6 is 0 Å². The van der Waals surface area contributed by atoms with Crippen LogP contribution in [0.5, 0.6) is 0 Å². The quantitative estimate of drug-likeness (QED) is 0.425. The van der Waals surface area contributed by atoms with Gasteiger partial charge in [-0.25, -0.2) is 0 Å². The molecular weight excluding hydrogens is 172 g/mol. The molecule has 0 saturated carbocycles. The minimum Gasteiger partial charge on any atom is -0.317 e. The molecule has 0 saturated heterocycles. The topological polar surface area (TPSA) is 15.3 Å². The van der Waals surface area contributed by atoms with E-state index in [4.69, 9.17) is 0 Å². The zero-order valence-electron chi connectivity index (χ0n) is 9.47. The summed E-state index contributed by atoms with van der Waals surface area (Å²) in [4.78, 5) is 2.34. The number of nitrogens with one attached hydrogen (secondary N) is 1. The molecule has 0 spiro atoms. The molecule has 0 radical (unpaired) electrons. The SMILES string of the molecule is C=CCN(CC=C)CCCNCCC. The smallest absolute Gasteiger partial charge is 0.0163 e. The highest BCUT2D eigenvalue weighted by Gasteiger charge is 1.98. The van der Waals surface area contributed by atoms with Crippen LogP contribution in [0.3, 0.4) is 0 Å². The van der Waals surface area contributed by atoms with E-state index in [1.54, 1.807) is 0 Å². The Balaban J connectivity index is 3.39. The summed E-state index contributed by atoms with van der Waals surface area (Å²) < 4.78 is 0. The van der Waals surface area contributed by atoms with Gasteiger partial charge in [0.15, 0.2) is 0 Å². The fraction of sp³-hybridized carbons (Fsp3) is 0.667. The molecule has 0 amide bonds. The van der Waals surface area contributed by atoms with Crippen molar-refractivity contribution in [1.82, 2.24) is 10.2 Å². The molecule has 2 nitrogen and oxygen atoms in total. The summed E-state index contributed by atoms with van der Waals surface area (Å²) in [6, 6.07) is 0. The second kappa shape index (κ2) is 10.5. The predicted octanol–water partition coefficient (Wildman–Crippen LogP) is 2.05. The Morgan fingerprint density at radius 2 is 1.79 bits per heavy atom. The number of rotatable bonds is 10.